The van der Waals surface area contributed by atoms with Crippen molar-refractivity contribution in [1.82, 2.24) is 4.98 Å². The van der Waals surface area contributed by atoms with Crippen LogP contribution in [-0.2, 0) is 0 Å². The Kier molecular flexibility index (Phi) is 2.67. The van der Waals surface area contributed by atoms with Crippen molar-refractivity contribution in [2.75, 3.05) is 0 Å². The lowest BCUT2D eigenvalue weighted by Gasteiger charge is -2.05. The maximum Gasteiger partial charge on any atom is 0.208 e. The van der Waals surface area contributed by atoms with Crippen LogP contribution in [0.4, 0.5) is 0 Å². The van der Waals surface area contributed by atoms with Crippen LogP contribution in [0.1, 0.15) is 5.69 Å². The molecular weight excluding hydrogens is 256 g/mol. The number of H-pyrrole nitrogens is 1. The van der Waals surface area contributed by atoms with Crippen LogP contribution >= 0.6 is 34.8 Å². The molecule has 2 rings (SSSR count). The van der Waals surface area contributed by atoms with E-state index in [0.29, 0.717) is 26.6 Å². The first-order valence-electron chi connectivity index (χ1n) is 4.18. The molecule has 0 amide bonds. The normalized spacial score (nSPS) is 10.9. The second-order valence-corrected chi connectivity index (χ2v) is 4.34. The summed E-state index contributed by atoms with van der Waals surface area (Å²) in [7, 11) is 0. The van der Waals surface area contributed by atoms with Gasteiger partial charge in [-0.3, -0.25) is 4.79 Å². The highest BCUT2D eigenvalue weighted by Gasteiger charge is 2.11. The van der Waals surface area contributed by atoms with Gasteiger partial charge >= 0.3 is 0 Å². The molecule has 5 heteroatoms. The van der Waals surface area contributed by atoms with E-state index in [1.165, 1.54) is 0 Å². The second kappa shape index (κ2) is 3.71. The van der Waals surface area contributed by atoms with Crippen molar-refractivity contribution < 1.29 is 0 Å². The summed E-state index contributed by atoms with van der Waals surface area (Å²) >= 11 is 17.7. The maximum atomic E-state index is 11.8. The van der Waals surface area contributed by atoms with E-state index < -0.39 is 0 Å². The van der Waals surface area contributed by atoms with Gasteiger partial charge in [-0.05, 0) is 19.1 Å². The highest BCUT2D eigenvalue weighted by Crippen LogP contribution is 2.29. The molecule has 1 heterocycles. The topological polar surface area (TPSA) is 32.9 Å². The van der Waals surface area contributed by atoms with Crippen molar-refractivity contribution in [3.63, 3.8) is 0 Å². The lowest BCUT2D eigenvalue weighted by atomic mass is 10.2. The molecule has 0 unspecified atom stereocenters. The van der Waals surface area contributed by atoms with Crippen LogP contribution in [-0.4, -0.2) is 4.98 Å². The summed E-state index contributed by atoms with van der Waals surface area (Å²) in [5.74, 6) is 0. The van der Waals surface area contributed by atoms with E-state index in [-0.39, 0.29) is 10.5 Å². The minimum atomic E-state index is -0.235. The van der Waals surface area contributed by atoms with E-state index in [1.54, 1.807) is 19.1 Å². The molecule has 0 radical (unpaired) electrons. The zero-order valence-corrected chi connectivity index (χ0v) is 9.96. The molecule has 1 aromatic heterocycles. The molecule has 0 atom stereocenters. The largest absolute Gasteiger partial charge is 0.356 e. The minimum Gasteiger partial charge on any atom is -0.356 e. The number of fused-ring (bicyclic) bond motifs is 1. The van der Waals surface area contributed by atoms with Crippen LogP contribution < -0.4 is 5.43 Å². The molecule has 78 valence electrons. The Morgan fingerprint density at radius 1 is 1.13 bits per heavy atom. The molecule has 0 aliphatic rings. The van der Waals surface area contributed by atoms with E-state index >= 15 is 0 Å². The maximum absolute atomic E-state index is 11.8. The fourth-order valence-corrected chi connectivity index (χ4v) is 1.91. The molecule has 15 heavy (non-hydrogen) atoms. The zero-order valence-electron chi connectivity index (χ0n) is 7.70. The molecule has 0 bridgehead atoms. The summed E-state index contributed by atoms with van der Waals surface area (Å²) in [4.78, 5) is 14.7. The number of hydrogen-bond donors (Lipinski definition) is 1. The predicted molar refractivity (Wildman–Crippen MR) is 64.3 cm³/mol. The number of rotatable bonds is 0. The SMILES string of the molecule is Cc1[nH]c2c(Cl)c(Cl)ccc2c(=O)c1Cl. The predicted octanol–water partition coefficient (Wildman–Crippen LogP) is 3.80. The highest BCUT2D eigenvalue weighted by molar-refractivity contribution is 6.45. The van der Waals surface area contributed by atoms with Crippen molar-refractivity contribution >= 4 is 45.7 Å². The summed E-state index contributed by atoms with van der Waals surface area (Å²) in [6, 6.07) is 3.18. The van der Waals surface area contributed by atoms with Crippen molar-refractivity contribution in [1.29, 1.82) is 0 Å². The fourth-order valence-electron chi connectivity index (χ4n) is 1.39. The van der Waals surface area contributed by atoms with Gasteiger partial charge in [0, 0.05) is 11.1 Å². The molecular formula is C10H6Cl3NO. The Labute approximate surface area is 101 Å². The van der Waals surface area contributed by atoms with Crippen molar-refractivity contribution in [2.45, 2.75) is 6.92 Å². The van der Waals surface area contributed by atoms with Gasteiger partial charge in [-0.25, -0.2) is 0 Å². The molecule has 0 fully saturated rings. The lowest BCUT2D eigenvalue weighted by Crippen LogP contribution is -2.06. The van der Waals surface area contributed by atoms with E-state index in [1.807, 2.05) is 0 Å². The van der Waals surface area contributed by atoms with Crippen LogP contribution in [0.3, 0.4) is 0 Å². The molecule has 0 saturated heterocycles. The number of nitrogens with one attached hydrogen (secondary N) is 1. The Balaban J connectivity index is 3.06. The summed E-state index contributed by atoms with van der Waals surface area (Å²) in [5, 5.41) is 1.37. The number of pyridine rings is 1. The van der Waals surface area contributed by atoms with E-state index in [2.05, 4.69) is 4.98 Å². The van der Waals surface area contributed by atoms with Gasteiger partial charge < -0.3 is 4.98 Å². The molecule has 0 aliphatic heterocycles. The Bertz CT molecular complexity index is 604. The van der Waals surface area contributed by atoms with Gasteiger partial charge in [-0.1, -0.05) is 34.8 Å². The minimum absolute atomic E-state index is 0.181. The van der Waals surface area contributed by atoms with Gasteiger partial charge in [0.05, 0.1) is 15.6 Å². The third kappa shape index (κ3) is 1.63. The number of halogens is 3. The Morgan fingerprint density at radius 3 is 2.47 bits per heavy atom. The molecule has 0 saturated carbocycles. The van der Waals surface area contributed by atoms with E-state index in [0.717, 1.165) is 0 Å². The van der Waals surface area contributed by atoms with Crippen molar-refractivity contribution in [3.05, 3.63) is 43.1 Å². The van der Waals surface area contributed by atoms with Gasteiger partial charge in [0.1, 0.15) is 5.02 Å². The van der Waals surface area contributed by atoms with Crippen molar-refractivity contribution in [3.8, 4) is 0 Å². The summed E-state index contributed by atoms with van der Waals surface area (Å²) in [6.07, 6.45) is 0. The number of hydrogen-bond acceptors (Lipinski definition) is 1. The highest BCUT2D eigenvalue weighted by atomic mass is 35.5. The van der Waals surface area contributed by atoms with Gasteiger partial charge in [-0.2, -0.15) is 0 Å². The van der Waals surface area contributed by atoms with Crippen LogP contribution in [0.25, 0.3) is 10.9 Å². The summed E-state index contributed by atoms with van der Waals surface area (Å²) in [5.41, 5.74) is 0.871. The van der Waals surface area contributed by atoms with Gasteiger partial charge in [-0.15, -0.1) is 0 Å². The molecule has 1 aromatic carbocycles. The third-order valence-corrected chi connectivity index (χ3v) is 3.44. The number of aromatic amines is 1. The van der Waals surface area contributed by atoms with Crippen molar-refractivity contribution in [2.24, 2.45) is 0 Å². The van der Waals surface area contributed by atoms with Gasteiger partial charge in [0.2, 0.25) is 5.43 Å². The molecule has 1 N–H and O–H groups in total. The molecule has 0 aliphatic carbocycles. The Morgan fingerprint density at radius 2 is 1.80 bits per heavy atom. The number of aromatic nitrogens is 1. The number of aryl methyl sites for hydroxylation is 1. The van der Waals surface area contributed by atoms with Gasteiger partial charge in [0.25, 0.3) is 0 Å². The van der Waals surface area contributed by atoms with Crippen LogP contribution in [0, 0.1) is 6.92 Å². The van der Waals surface area contributed by atoms with E-state index in [4.69, 9.17) is 34.8 Å². The van der Waals surface area contributed by atoms with Crippen LogP contribution in [0.15, 0.2) is 16.9 Å². The van der Waals surface area contributed by atoms with Crippen LogP contribution in [0.2, 0.25) is 15.1 Å². The average molecular weight is 263 g/mol. The molecule has 2 aromatic rings. The first kappa shape index (κ1) is 10.8. The van der Waals surface area contributed by atoms with Gasteiger partial charge in [0.15, 0.2) is 0 Å². The third-order valence-electron chi connectivity index (χ3n) is 2.18. The second-order valence-electron chi connectivity index (χ2n) is 3.18. The Hall–Kier alpha value is -0.700. The fraction of sp³-hybridized carbons (Fsp3) is 0.100. The summed E-state index contributed by atoms with van der Waals surface area (Å²) in [6.45, 7) is 1.71. The monoisotopic (exact) mass is 261 g/mol. The van der Waals surface area contributed by atoms with E-state index in [9.17, 15) is 4.79 Å². The average Bonchev–Trinajstić information content (AvgIpc) is 2.21. The van der Waals surface area contributed by atoms with Crippen LogP contribution in [0.5, 0.6) is 0 Å². The first-order chi connectivity index (χ1) is 7.02. The standard InChI is InChI=1S/C10H6Cl3NO/c1-4-7(12)10(15)5-2-3-6(11)8(13)9(5)14-4/h2-3H,1H3,(H,14,15). The molecule has 0 spiro atoms. The first-order valence-corrected chi connectivity index (χ1v) is 5.32. The quantitative estimate of drug-likeness (QED) is 0.770. The lowest BCUT2D eigenvalue weighted by molar-refractivity contribution is 1.24. The number of benzene rings is 1. The zero-order chi connectivity index (χ0) is 11.2. The smallest absolute Gasteiger partial charge is 0.208 e. The molecule has 2 nitrogen and oxygen atoms in total. The summed E-state index contributed by atoms with van der Waals surface area (Å²) < 4.78 is 0.